The fourth-order valence-corrected chi connectivity index (χ4v) is 0.905. The monoisotopic (exact) mass is 142 g/mol. The fourth-order valence-electron chi connectivity index (χ4n) is 0.905. The van der Waals surface area contributed by atoms with Gasteiger partial charge in [0.15, 0.2) is 0 Å². The van der Waals surface area contributed by atoms with Gasteiger partial charge >= 0.3 is 0 Å². The molecule has 0 fully saturated rings. The molecule has 1 aliphatic carbocycles. The van der Waals surface area contributed by atoms with E-state index in [9.17, 15) is 0 Å². The van der Waals surface area contributed by atoms with Crippen LogP contribution in [0.1, 0.15) is 12.8 Å². The first-order chi connectivity index (χ1) is 4.88. The second-order valence-electron chi connectivity index (χ2n) is 2.02. The Morgan fingerprint density at radius 1 is 1.60 bits per heavy atom. The van der Waals surface area contributed by atoms with E-state index in [0.717, 1.165) is 12.8 Å². The van der Waals surface area contributed by atoms with Crippen molar-refractivity contribution in [1.82, 2.24) is 0 Å². The second-order valence-corrected chi connectivity index (χ2v) is 2.02. The molecule has 0 unspecified atom stereocenters. The number of hydrogen-bond acceptors (Lipinski definition) is 3. The van der Waals surface area contributed by atoms with Gasteiger partial charge in [0.25, 0.3) is 0 Å². The second kappa shape index (κ2) is 3.27. The summed E-state index contributed by atoms with van der Waals surface area (Å²) < 4.78 is 4.94. The van der Waals surface area contributed by atoms with Gasteiger partial charge in [-0.2, -0.15) is 0 Å². The Kier molecular flexibility index (Phi) is 2.34. The normalized spacial score (nSPS) is 17.4. The maximum atomic E-state index is 8.30. The molecule has 56 valence electrons. The lowest BCUT2D eigenvalue weighted by Crippen LogP contribution is -1.98. The van der Waals surface area contributed by atoms with Gasteiger partial charge in [-0.05, 0) is 12.5 Å². The number of allylic oxidation sites excluding steroid dienone is 3. The standard InChI is InChI=1S/C7H10O3/c1-9-6-4-2-3-5-7(6)10-8/h3,5,8H,2,4H2,1H3. The van der Waals surface area contributed by atoms with E-state index in [1.807, 2.05) is 6.08 Å². The molecular formula is C7H10O3. The third-order valence-corrected chi connectivity index (χ3v) is 1.43. The highest BCUT2D eigenvalue weighted by Crippen LogP contribution is 2.18. The first kappa shape index (κ1) is 7.15. The molecule has 3 heteroatoms. The molecule has 0 bridgehead atoms. The van der Waals surface area contributed by atoms with Crippen LogP contribution in [0.25, 0.3) is 0 Å². The van der Waals surface area contributed by atoms with E-state index >= 15 is 0 Å². The van der Waals surface area contributed by atoms with Crippen LogP contribution in [0, 0.1) is 0 Å². The Labute approximate surface area is 59.5 Å². The Balaban J connectivity index is 2.73. The quantitative estimate of drug-likeness (QED) is 0.471. The predicted molar refractivity (Wildman–Crippen MR) is 36.1 cm³/mol. The number of hydrogen-bond donors (Lipinski definition) is 1. The van der Waals surface area contributed by atoms with Gasteiger partial charge in [-0.3, -0.25) is 0 Å². The van der Waals surface area contributed by atoms with Crippen LogP contribution in [-0.4, -0.2) is 12.4 Å². The summed E-state index contributed by atoms with van der Waals surface area (Å²) in [5, 5.41) is 8.30. The highest BCUT2D eigenvalue weighted by atomic mass is 17.1. The van der Waals surface area contributed by atoms with Crippen molar-refractivity contribution >= 4 is 0 Å². The summed E-state index contributed by atoms with van der Waals surface area (Å²) in [6.45, 7) is 0. The van der Waals surface area contributed by atoms with E-state index < -0.39 is 0 Å². The first-order valence-corrected chi connectivity index (χ1v) is 3.13. The lowest BCUT2D eigenvalue weighted by Gasteiger charge is -2.10. The fraction of sp³-hybridized carbons (Fsp3) is 0.429. The van der Waals surface area contributed by atoms with Crippen LogP contribution in [0.2, 0.25) is 0 Å². The minimum Gasteiger partial charge on any atom is -0.497 e. The lowest BCUT2D eigenvalue weighted by molar-refractivity contribution is -0.202. The van der Waals surface area contributed by atoms with Crippen molar-refractivity contribution in [3.05, 3.63) is 23.7 Å². The molecule has 0 saturated heterocycles. The van der Waals surface area contributed by atoms with Crippen LogP contribution in [0.4, 0.5) is 0 Å². The van der Waals surface area contributed by atoms with Gasteiger partial charge in [-0.1, -0.05) is 6.08 Å². The highest BCUT2D eigenvalue weighted by molar-refractivity contribution is 5.20. The van der Waals surface area contributed by atoms with Crippen LogP contribution >= 0.6 is 0 Å². The maximum Gasteiger partial charge on any atom is 0.202 e. The lowest BCUT2D eigenvalue weighted by atomic mass is 10.1. The maximum absolute atomic E-state index is 8.30. The SMILES string of the molecule is COC1=C(OO)C=CCC1. The number of methoxy groups -OCH3 is 1. The topological polar surface area (TPSA) is 38.7 Å². The van der Waals surface area contributed by atoms with Gasteiger partial charge in [0.2, 0.25) is 5.76 Å². The van der Waals surface area contributed by atoms with Crippen LogP contribution < -0.4 is 0 Å². The molecule has 0 saturated carbocycles. The Morgan fingerprint density at radius 2 is 2.40 bits per heavy atom. The van der Waals surface area contributed by atoms with Crippen molar-refractivity contribution in [3.63, 3.8) is 0 Å². The molecule has 0 aromatic rings. The van der Waals surface area contributed by atoms with Gasteiger partial charge in [-0.15, -0.1) is 0 Å². The molecule has 0 aliphatic heterocycles. The van der Waals surface area contributed by atoms with Gasteiger partial charge in [-0.25, -0.2) is 5.26 Å². The van der Waals surface area contributed by atoms with Crippen molar-refractivity contribution < 1.29 is 14.9 Å². The molecule has 0 radical (unpaired) electrons. The average Bonchev–Trinajstić information content (AvgIpc) is 2.04. The molecule has 0 amide bonds. The predicted octanol–water partition coefficient (Wildman–Crippen LogP) is 1.68. The summed E-state index contributed by atoms with van der Waals surface area (Å²) in [5.74, 6) is 1.11. The zero-order valence-electron chi connectivity index (χ0n) is 5.83. The Hall–Kier alpha value is -0.960. The first-order valence-electron chi connectivity index (χ1n) is 3.13. The summed E-state index contributed by atoms with van der Waals surface area (Å²) in [5.41, 5.74) is 0. The molecule has 10 heavy (non-hydrogen) atoms. The molecule has 1 N–H and O–H groups in total. The van der Waals surface area contributed by atoms with E-state index in [1.165, 1.54) is 0 Å². The van der Waals surface area contributed by atoms with E-state index in [1.54, 1.807) is 13.2 Å². The van der Waals surface area contributed by atoms with Gasteiger partial charge in [0.05, 0.1) is 7.11 Å². The molecule has 0 atom stereocenters. The van der Waals surface area contributed by atoms with Crippen molar-refractivity contribution in [1.29, 1.82) is 0 Å². The van der Waals surface area contributed by atoms with E-state index in [2.05, 4.69) is 4.89 Å². The van der Waals surface area contributed by atoms with Crippen molar-refractivity contribution in [2.24, 2.45) is 0 Å². The van der Waals surface area contributed by atoms with Gasteiger partial charge < -0.3 is 9.62 Å². The molecule has 0 spiro atoms. The van der Waals surface area contributed by atoms with Crippen LogP contribution in [-0.2, 0) is 9.62 Å². The minimum absolute atomic E-state index is 0.411. The average molecular weight is 142 g/mol. The largest absolute Gasteiger partial charge is 0.497 e. The summed E-state index contributed by atoms with van der Waals surface area (Å²) in [6, 6.07) is 0. The third-order valence-electron chi connectivity index (χ3n) is 1.43. The zero-order chi connectivity index (χ0) is 7.40. The van der Waals surface area contributed by atoms with Crippen molar-refractivity contribution in [2.45, 2.75) is 12.8 Å². The van der Waals surface area contributed by atoms with Crippen LogP contribution in [0.5, 0.6) is 0 Å². The van der Waals surface area contributed by atoms with Crippen molar-refractivity contribution in [3.8, 4) is 0 Å². The molecule has 3 nitrogen and oxygen atoms in total. The zero-order valence-corrected chi connectivity index (χ0v) is 5.83. The van der Waals surface area contributed by atoms with E-state index in [4.69, 9.17) is 9.99 Å². The van der Waals surface area contributed by atoms with Gasteiger partial charge in [0.1, 0.15) is 5.76 Å². The van der Waals surface area contributed by atoms with E-state index in [-0.39, 0.29) is 0 Å². The summed E-state index contributed by atoms with van der Waals surface area (Å²) >= 11 is 0. The summed E-state index contributed by atoms with van der Waals surface area (Å²) in [7, 11) is 1.56. The third kappa shape index (κ3) is 1.30. The smallest absolute Gasteiger partial charge is 0.202 e. The van der Waals surface area contributed by atoms with E-state index in [0.29, 0.717) is 11.5 Å². The molecule has 0 aromatic carbocycles. The van der Waals surface area contributed by atoms with Crippen LogP contribution in [0.3, 0.4) is 0 Å². The summed E-state index contributed by atoms with van der Waals surface area (Å²) in [6.07, 6.45) is 5.36. The number of ether oxygens (including phenoxy) is 1. The molecule has 0 aromatic heterocycles. The molecule has 1 aliphatic rings. The summed E-state index contributed by atoms with van der Waals surface area (Å²) in [4.78, 5) is 4.06. The highest BCUT2D eigenvalue weighted by Gasteiger charge is 2.08. The number of rotatable bonds is 2. The van der Waals surface area contributed by atoms with Gasteiger partial charge in [0, 0.05) is 6.42 Å². The van der Waals surface area contributed by atoms with Crippen LogP contribution in [0.15, 0.2) is 23.7 Å². The Morgan fingerprint density at radius 3 is 2.90 bits per heavy atom. The van der Waals surface area contributed by atoms with Crippen molar-refractivity contribution in [2.75, 3.05) is 7.11 Å². The molecule has 0 heterocycles. The minimum atomic E-state index is 0.411. The molecular weight excluding hydrogens is 132 g/mol. The Bertz CT molecular complexity index is 170. The molecule has 1 rings (SSSR count).